The second-order valence-electron chi connectivity index (χ2n) is 5.51. The average Bonchev–Trinajstić information content (AvgIpc) is 2.29. The quantitative estimate of drug-likeness (QED) is 0.801. The predicted octanol–water partition coefficient (Wildman–Crippen LogP) is 2.16. The van der Waals surface area contributed by atoms with E-state index in [0.29, 0.717) is 18.9 Å². The summed E-state index contributed by atoms with van der Waals surface area (Å²) in [5.41, 5.74) is 0. The Morgan fingerprint density at radius 1 is 1.19 bits per heavy atom. The molecule has 0 radical (unpaired) electrons. The van der Waals surface area contributed by atoms with Crippen molar-refractivity contribution in [3.05, 3.63) is 0 Å². The fraction of sp³-hybridized carbons (Fsp3) is 1.00. The molecule has 3 nitrogen and oxygen atoms in total. The van der Waals surface area contributed by atoms with E-state index in [1.165, 1.54) is 19.3 Å². The van der Waals surface area contributed by atoms with Crippen molar-refractivity contribution in [1.82, 2.24) is 5.32 Å². The maximum Gasteiger partial charge on any atom is 0.147 e. The summed E-state index contributed by atoms with van der Waals surface area (Å²) < 4.78 is 10.7. The first-order valence-electron chi connectivity index (χ1n) is 6.68. The van der Waals surface area contributed by atoms with E-state index in [9.17, 15) is 0 Å². The van der Waals surface area contributed by atoms with Crippen LogP contribution in [-0.2, 0) is 9.47 Å². The van der Waals surface area contributed by atoms with E-state index in [-0.39, 0.29) is 0 Å². The summed E-state index contributed by atoms with van der Waals surface area (Å²) >= 11 is 0. The highest BCUT2D eigenvalue weighted by Gasteiger charge is 2.25. The van der Waals surface area contributed by atoms with Crippen LogP contribution in [-0.4, -0.2) is 32.1 Å². The van der Waals surface area contributed by atoms with Gasteiger partial charge in [0.05, 0.1) is 12.7 Å². The first-order chi connectivity index (χ1) is 7.75. The highest BCUT2D eigenvalue weighted by molar-refractivity contribution is 4.82. The largest absolute Gasteiger partial charge is 0.355 e. The first-order valence-corrected chi connectivity index (χ1v) is 6.68. The molecule has 3 heteroatoms. The van der Waals surface area contributed by atoms with Crippen molar-refractivity contribution < 1.29 is 9.47 Å². The van der Waals surface area contributed by atoms with Gasteiger partial charge in [-0.25, -0.2) is 0 Å². The van der Waals surface area contributed by atoms with Gasteiger partial charge in [-0.1, -0.05) is 13.8 Å². The van der Waals surface area contributed by atoms with Gasteiger partial charge >= 0.3 is 0 Å². The minimum Gasteiger partial charge on any atom is -0.355 e. The SMILES string of the molecule is CC1CCC(NCC2CCOCO2)C(C)C1. The number of hydrogen-bond acceptors (Lipinski definition) is 3. The summed E-state index contributed by atoms with van der Waals surface area (Å²) in [6.45, 7) is 7.06. The summed E-state index contributed by atoms with van der Waals surface area (Å²) in [6, 6.07) is 0.697. The van der Waals surface area contributed by atoms with E-state index in [0.717, 1.165) is 31.4 Å². The van der Waals surface area contributed by atoms with Crippen LogP contribution in [0.1, 0.15) is 39.5 Å². The van der Waals surface area contributed by atoms with Crippen molar-refractivity contribution in [2.24, 2.45) is 11.8 Å². The Hall–Kier alpha value is -0.120. The van der Waals surface area contributed by atoms with Crippen molar-refractivity contribution in [2.45, 2.75) is 51.7 Å². The molecule has 0 amide bonds. The summed E-state index contributed by atoms with van der Waals surface area (Å²) in [5, 5.41) is 3.68. The molecule has 0 aromatic carbocycles. The van der Waals surface area contributed by atoms with Crippen molar-refractivity contribution >= 4 is 0 Å². The van der Waals surface area contributed by atoms with Crippen LogP contribution in [0.4, 0.5) is 0 Å². The molecule has 4 atom stereocenters. The summed E-state index contributed by atoms with van der Waals surface area (Å²) in [5.74, 6) is 1.72. The third-order valence-corrected chi connectivity index (χ3v) is 4.01. The number of nitrogens with one attached hydrogen (secondary N) is 1. The molecule has 16 heavy (non-hydrogen) atoms. The maximum absolute atomic E-state index is 5.54. The Morgan fingerprint density at radius 3 is 2.75 bits per heavy atom. The van der Waals surface area contributed by atoms with Crippen molar-refractivity contribution in [3.8, 4) is 0 Å². The van der Waals surface area contributed by atoms with Crippen LogP contribution in [0.2, 0.25) is 0 Å². The summed E-state index contributed by atoms with van der Waals surface area (Å²) in [6.07, 6.45) is 5.46. The molecular formula is C13H25NO2. The molecule has 4 unspecified atom stereocenters. The van der Waals surface area contributed by atoms with Crippen LogP contribution < -0.4 is 5.32 Å². The predicted molar refractivity (Wildman–Crippen MR) is 64.3 cm³/mol. The molecule has 1 aliphatic heterocycles. The second-order valence-corrected chi connectivity index (χ2v) is 5.51. The monoisotopic (exact) mass is 227 g/mol. The zero-order valence-electron chi connectivity index (χ0n) is 10.6. The number of rotatable bonds is 3. The van der Waals surface area contributed by atoms with Gasteiger partial charge in [0.2, 0.25) is 0 Å². The number of hydrogen-bond donors (Lipinski definition) is 1. The Balaban J connectivity index is 1.68. The lowest BCUT2D eigenvalue weighted by molar-refractivity contribution is -0.138. The lowest BCUT2D eigenvalue weighted by Crippen LogP contribution is -2.44. The minimum absolute atomic E-state index is 0.361. The summed E-state index contributed by atoms with van der Waals surface area (Å²) in [4.78, 5) is 0. The van der Waals surface area contributed by atoms with Crippen molar-refractivity contribution in [2.75, 3.05) is 19.9 Å². The standard InChI is InChI=1S/C13H25NO2/c1-10-3-4-13(11(2)7-10)14-8-12-5-6-15-9-16-12/h10-14H,3-9H2,1-2H3. The molecular weight excluding hydrogens is 202 g/mol. The molecule has 0 aromatic rings. The fourth-order valence-corrected chi connectivity index (χ4v) is 2.91. The molecule has 0 bridgehead atoms. The molecule has 0 spiro atoms. The molecule has 2 rings (SSSR count). The van der Waals surface area contributed by atoms with E-state index in [1.54, 1.807) is 0 Å². The van der Waals surface area contributed by atoms with Gasteiger partial charge in [-0.3, -0.25) is 0 Å². The molecule has 1 aliphatic carbocycles. The van der Waals surface area contributed by atoms with Crippen LogP contribution in [0.15, 0.2) is 0 Å². The van der Waals surface area contributed by atoms with Crippen LogP contribution in [0.25, 0.3) is 0 Å². The van der Waals surface area contributed by atoms with Gasteiger partial charge in [0, 0.05) is 12.6 Å². The zero-order chi connectivity index (χ0) is 11.4. The Labute approximate surface area is 98.9 Å². The Kier molecular flexibility index (Phi) is 4.62. The maximum atomic E-state index is 5.54. The van der Waals surface area contributed by atoms with E-state index in [4.69, 9.17) is 9.47 Å². The molecule has 2 aliphatic rings. The molecule has 1 heterocycles. The Morgan fingerprint density at radius 2 is 2.06 bits per heavy atom. The zero-order valence-corrected chi connectivity index (χ0v) is 10.6. The molecule has 2 fully saturated rings. The van der Waals surface area contributed by atoms with E-state index >= 15 is 0 Å². The molecule has 1 saturated carbocycles. The van der Waals surface area contributed by atoms with Gasteiger partial charge in [0.25, 0.3) is 0 Å². The smallest absolute Gasteiger partial charge is 0.147 e. The van der Waals surface area contributed by atoms with Crippen LogP contribution in [0, 0.1) is 11.8 Å². The Bertz CT molecular complexity index is 204. The van der Waals surface area contributed by atoms with Gasteiger partial charge in [0.15, 0.2) is 0 Å². The van der Waals surface area contributed by atoms with E-state index in [2.05, 4.69) is 19.2 Å². The topological polar surface area (TPSA) is 30.5 Å². The third-order valence-electron chi connectivity index (χ3n) is 4.01. The molecule has 0 aromatic heterocycles. The first kappa shape index (κ1) is 12.3. The van der Waals surface area contributed by atoms with Crippen LogP contribution in [0.5, 0.6) is 0 Å². The highest BCUT2D eigenvalue weighted by atomic mass is 16.7. The lowest BCUT2D eigenvalue weighted by atomic mass is 9.80. The normalized spacial score (nSPS) is 40.9. The van der Waals surface area contributed by atoms with Crippen LogP contribution in [0.3, 0.4) is 0 Å². The second kappa shape index (κ2) is 5.99. The fourth-order valence-electron chi connectivity index (χ4n) is 2.91. The van der Waals surface area contributed by atoms with Gasteiger partial charge in [-0.15, -0.1) is 0 Å². The highest BCUT2D eigenvalue weighted by Crippen LogP contribution is 2.28. The van der Waals surface area contributed by atoms with Crippen LogP contribution >= 0.6 is 0 Å². The van der Waals surface area contributed by atoms with Gasteiger partial charge in [0.1, 0.15) is 6.79 Å². The van der Waals surface area contributed by atoms with Crippen molar-refractivity contribution in [1.29, 1.82) is 0 Å². The minimum atomic E-state index is 0.361. The van der Waals surface area contributed by atoms with Gasteiger partial charge in [-0.2, -0.15) is 0 Å². The van der Waals surface area contributed by atoms with E-state index < -0.39 is 0 Å². The summed E-state index contributed by atoms with van der Waals surface area (Å²) in [7, 11) is 0. The van der Waals surface area contributed by atoms with Crippen molar-refractivity contribution in [3.63, 3.8) is 0 Å². The number of ether oxygens (including phenoxy) is 2. The third kappa shape index (κ3) is 3.44. The van der Waals surface area contributed by atoms with Gasteiger partial charge < -0.3 is 14.8 Å². The molecule has 1 saturated heterocycles. The van der Waals surface area contributed by atoms with E-state index in [1.807, 2.05) is 0 Å². The lowest BCUT2D eigenvalue weighted by Gasteiger charge is -2.34. The van der Waals surface area contributed by atoms with Gasteiger partial charge in [-0.05, 0) is 37.5 Å². The average molecular weight is 227 g/mol. The molecule has 1 N–H and O–H groups in total. The molecule has 94 valence electrons.